The van der Waals surface area contributed by atoms with Gasteiger partial charge >= 0.3 is 5.97 Å². The minimum Gasteiger partial charge on any atom is -0.497 e. The van der Waals surface area contributed by atoms with Crippen LogP contribution in [-0.4, -0.2) is 60.9 Å². The number of methoxy groups -OCH3 is 1. The van der Waals surface area contributed by atoms with E-state index in [9.17, 15) is 14.4 Å². The van der Waals surface area contributed by atoms with Crippen LogP contribution in [0.2, 0.25) is 0 Å². The van der Waals surface area contributed by atoms with Crippen molar-refractivity contribution in [3.8, 4) is 5.75 Å². The molecule has 0 spiro atoms. The average Bonchev–Trinajstić information content (AvgIpc) is 2.87. The topological polar surface area (TPSA) is 144 Å². The van der Waals surface area contributed by atoms with Gasteiger partial charge in [0.05, 0.1) is 7.11 Å². The summed E-state index contributed by atoms with van der Waals surface area (Å²) in [6.07, 6.45) is 1.03. The number of nitrogen functional groups attached to an aromatic ring is 1. The van der Waals surface area contributed by atoms with E-state index in [1.165, 1.54) is 6.92 Å². The zero-order chi connectivity index (χ0) is 25.4. The van der Waals surface area contributed by atoms with Crippen molar-refractivity contribution < 1.29 is 28.9 Å². The standard InChI is InChI=1S/C25H30N4O6/c1-16(30)34-35-21-11-13-29(14-12-21)25(32)22(15-17-3-9-20(33-2)10-4-17)28-24(31)19-7-5-18(6-8-19)23(26)27/h3-10,21-22H,11-15H2,1-2H3,(H3,26,27)(H,28,31)/t22-/m0/s1. The Morgan fingerprint density at radius 1 is 1.06 bits per heavy atom. The van der Waals surface area contributed by atoms with Crippen LogP contribution in [0.5, 0.6) is 5.75 Å². The van der Waals surface area contributed by atoms with Gasteiger partial charge in [0, 0.05) is 37.6 Å². The lowest BCUT2D eigenvalue weighted by Gasteiger charge is -2.33. The van der Waals surface area contributed by atoms with Crippen molar-refractivity contribution >= 4 is 23.6 Å². The van der Waals surface area contributed by atoms with Gasteiger partial charge in [-0.1, -0.05) is 24.3 Å². The summed E-state index contributed by atoms with van der Waals surface area (Å²) in [4.78, 5) is 48.7. The molecule has 1 atom stereocenters. The Labute approximate surface area is 203 Å². The van der Waals surface area contributed by atoms with Crippen LogP contribution in [-0.2, 0) is 25.8 Å². The van der Waals surface area contributed by atoms with E-state index in [1.807, 2.05) is 12.1 Å². The second-order valence-electron chi connectivity index (χ2n) is 8.27. The number of piperidine rings is 1. The SMILES string of the molecule is COc1ccc(C[C@H](NC(=O)c2ccc(C(=N)N)cc2)C(=O)N2CCC(OOC(C)=O)CC2)cc1. The quantitative estimate of drug-likeness (QED) is 0.214. The third-order valence-electron chi connectivity index (χ3n) is 5.72. The average molecular weight is 483 g/mol. The molecule has 3 rings (SSSR count). The lowest BCUT2D eigenvalue weighted by molar-refractivity contribution is -0.301. The molecule has 4 N–H and O–H groups in total. The number of amidine groups is 1. The monoisotopic (exact) mass is 482 g/mol. The van der Waals surface area contributed by atoms with Crippen molar-refractivity contribution in [3.05, 3.63) is 65.2 Å². The summed E-state index contributed by atoms with van der Waals surface area (Å²) < 4.78 is 5.20. The molecule has 0 radical (unpaired) electrons. The number of nitrogens with one attached hydrogen (secondary N) is 2. The number of benzene rings is 2. The molecule has 1 heterocycles. The molecular weight excluding hydrogens is 452 g/mol. The fraction of sp³-hybridized carbons (Fsp3) is 0.360. The number of nitrogens with two attached hydrogens (primary N) is 1. The summed E-state index contributed by atoms with van der Waals surface area (Å²) in [5.74, 6) is -0.533. The van der Waals surface area contributed by atoms with E-state index >= 15 is 0 Å². The molecule has 1 fully saturated rings. The first-order valence-corrected chi connectivity index (χ1v) is 11.3. The second kappa shape index (κ2) is 12.0. The predicted octanol–water partition coefficient (Wildman–Crippen LogP) is 1.81. The molecule has 2 aromatic rings. The molecule has 0 unspecified atom stereocenters. The van der Waals surface area contributed by atoms with Gasteiger partial charge in [0.1, 0.15) is 23.7 Å². The molecular formula is C25H30N4O6. The molecule has 0 aliphatic carbocycles. The van der Waals surface area contributed by atoms with Gasteiger partial charge in [0.2, 0.25) is 5.91 Å². The fourth-order valence-electron chi connectivity index (χ4n) is 3.77. The van der Waals surface area contributed by atoms with Gasteiger partial charge in [-0.25, -0.2) is 4.79 Å². The van der Waals surface area contributed by atoms with Gasteiger partial charge in [0.15, 0.2) is 0 Å². The highest BCUT2D eigenvalue weighted by atomic mass is 17.2. The maximum absolute atomic E-state index is 13.4. The van der Waals surface area contributed by atoms with Crippen LogP contribution in [0.25, 0.3) is 0 Å². The van der Waals surface area contributed by atoms with Crippen molar-refractivity contribution in [3.63, 3.8) is 0 Å². The lowest BCUT2D eigenvalue weighted by atomic mass is 10.0. The highest BCUT2D eigenvalue weighted by Crippen LogP contribution is 2.18. The highest BCUT2D eigenvalue weighted by Gasteiger charge is 2.30. The Morgan fingerprint density at radius 3 is 2.20 bits per heavy atom. The molecule has 0 saturated carbocycles. The van der Waals surface area contributed by atoms with E-state index in [-0.39, 0.29) is 17.8 Å². The van der Waals surface area contributed by atoms with Crippen LogP contribution in [0.15, 0.2) is 48.5 Å². The van der Waals surface area contributed by atoms with Crippen molar-refractivity contribution in [2.75, 3.05) is 20.2 Å². The number of carbonyl (C=O) groups excluding carboxylic acids is 3. The number of hydrogen-bond acceptors (Lipinski definition) is 7. The highest BCUT2D eigenvalue weighted by molar-refractivity contribution is 5.99. The minimum absolute atomic E-state index is 0.0920. The number of carbonyl (C=O) groups is 3. The molecule has 0 aromatic heterocycles. The van der Waals surface area contributed by atoms with E-state index in [2.05, 4.69) is 10.2 Å². The van der Waals surface area contributed by atoms with Crippen LogP contribution in [0.3, 0.4) is 0 Å². The van der Waals surface area contributed by atoms with Gasteiger partial charge in [-0.05, 0) is 42.7 Å². The van der Waals surface area contributed by atoms with E-state index in [4.69, 9.17) is 20.8 Å². The molecule has 10 heteroatoms. The normalized spacial score (nSPS) is 14.6. The van der Waals surface area contributed by atoms with Gasteiger partial charge in [-0.2, -0.15) is 4.89 Å². The van der Waals surface area contributed by atoms with Crippen LogP contribution in [0.4, 0.5) is 0 Å². The largest absolute Gasteiger partial charge is 0.497 e. The van der Waals surface area contributed by atoms with Gasteiger partial charge < -0.3 is 20.7 Å². The third kappa shape index (κ3) is 7.28. The van der Waals surface area contributed by atoms with Crippen LogP contribution >= 0.6 is 0 Å². The first-order chi connectivity index (χ1) is 16.8. The lowest BCUT2D eigenvalue weighted by Crippen LogP contribution is -2.52. The smallest absolute Gasteiger partial charge is 0.339 e. The van der Waals surface area contributed by atoms with Crippen molar-refractivity contribution in [2.24, 2.45) is 5.73 Å². The predicted molar refractivity (Wildman–Crippen MR) is 128 cm³/mol. The summed E-state index contributed by atoms with van der Waals surface area (Å²) in [6, 6.07) is 12.8. The summed E-state index contributed by atoms with van der Waals surface area (Å²) in [5.41, 5.74) is 7.21. The zero-order valence-electron chi connectivity index (χ0n) is 19.8. The van der Waals surface area contributed by atoms with Gasteiger partial charge in [-0.3, -0.25) is 19.9 Å². The van der Waals surface area contributed by atoms with Crippen LogP contribution in [0, 0.1) is 5.41 Å². The Bertz CT molecular complexity index is 1050. The molecule has 0 bridgehead atoms. The van der Waals surface area contributed by atoms with Gasteiger partial charge in [0.25, 0.3) is 5.91 Å². The van der Waals surface area contributed by atoms with E-state index < -0.39 is 17.9 Å². The molecule has 2 aromatic carbocycles. The molecule has 35 heavy (non-hydrogen) atoms. The summed E-state index contributed by atoms with van der Waals surface area (Å²) >= 11 is 0. The van der Waals surface area contributed by atoms with E-state index in [0.717, 1.165) is 5.56 Å². The maximum Gasteiger partial charge on any atom is 0.339 e. The summed E-state index contributed by atoms with van der Waals surface area (Å²) in [5, 5.41) is 10.4. The summed E-state index contributed by atoms with van der Waals surface area (Å²) in [7, 11) is 1.58. The number of amides is 2. The third-order valence-corrected chi connectivity index (χ3v) is 5.72. The van der Waals surface area contributed by atoms with Crippen LogP contribution < -0.4 is 15.8 Å². The number of ether oxygens (including phenoxy) is 1. The second-order valence-corrected chi connectivity index (χ2v) is 8.27. The maximum atomic E-state index is 13.4. The van der Waals surface area contributed by atoms with Crippen LogP contribution in [0.1, 0.15) is 41.3 Å². The number of nitrogens with zero attached hydrogens (tertiary/aromatic N) is 1. The minimum atomic E-state index is -0.797. The molecule has 1 aliphatic heterocycles. The first kappa shape index (κ1) is 25.7. The first-order valence-electron chi connectivity index (χ1n) is 11.3. The molecule has 10 nitrogen and oxygen atoms in total. The number of likely N-dealkylation sites (tertiary alicyclic amines) is 1. The van der Waals surface area contributed by atoms with Gasteiger partial charge in [-0.15, -0.1) is 0 Å². The zero-order valence-corrected chi connectivity index (χ0v) is 19.8. The van der Waals surface area contributed by atoms with Crippen molar-refractivity contribution in [2.45, 2.75) is 38.3 Å². The molecule has 1 saturated heterocycles. The Morgan fingerprint density at radius 2 is 1.66 bits per heavy atom. The Kier molecular flexibility index (Phi) is 8.80. The number of hydrogen-bond donors (Lipinski definition) is 3. The summed E-state index contributed by atoms with van der Waals surface area (Å²) in [6.45, 7) is 2.08. The van der Waals surface area contributed by atoms with Crippen molar-refractivity contribution in [1.82, 2.24) is 10.2 Å². The van der Waals surface area contributed by atoms with E-state index in [0.29, 0.717) is 49.2 Å². The Hall–Kier alpha value is -3.92. The Balaban J connectivity index is 1.71. The molecule has 2 amide bonds. The van der Waals surface area contributed by atoms with Crippen molar-refractivity contribution in [1.29, 1.82) is 5.41 Å². The molecule has 1 aliphatic rings. The van der Waals surface area contributed by atoms with E-state index in [1.54, 1.807) is 48.4 Å². The molecule has 186 valence electrons. The fourth-order valence-corrected chi connectivity index (χ4v) is 3.77. The number of rotatable bonds is 9.